The molecule has 1 atom stereocenters. The maximum absolute atomic E-state index is 10.3. The summed E-state index contributed by atoms with van der Waals surface area (Å²) < 4.78 is 30.5. The van der Waals surface area contributed by atoms with Crippen LogP contribution in [0.1, 0.15) is 6.42 Å². The number of aliphatic hydroxyl groups excluding tert-OH is 1. The maximum atomic E-state index is 10.3. The van der Waals surface area contributed by atoms with Gasteiger partial charge in [-0.15, -0.1) is 0 Å². The molecule has 0 amide bonds. The molecule has 1 aromatic rings. The smallest absolute Gasteiger partial charge is 0.264 e. The molecule has 7 nitrogen and oxygen atoms in total. The molecule has 0 saturated carbocycles. The number of rotatable bonds is 5. The van der Waals surface area contributed by atoms with E-state index in [9.17, 15) is 13.5 Å². The maximum Gasteiger partial charge on any atom is 0.264 e. The predicted octanol–water partition coefficient (Wildman–Crippen LogP) is -1.08. The molecule has 0 saturated heterocycles. The van der Waals surface area contributed by atoms with E-state index in [0.29, 0.717) is 0 Å². The third kappa shape index (κ3) is 4.30. The van der Waals surface area contributed by atoms with Gasteiger partial charge >= 0.3 is 0 Å². The summed E-state index contributed by atoms with van der Waals surface area (Å²) >= 11 is 0. The fraction of sp³-hybridized carbons (Fsp3) is 0.667. The Kier molecular flexibility index (Phi) is 3.55. The molecule has 0 aromatic carbocycles. The first-order valence-corrected chi connectivity index (χ1v) is 5.54. The third-order valence-corrected chi connectivity index (χ3v) is 2.33. The average molecular weight is 221 g/mol. The van der Waals surface area contributed by atoms with E-state index in [4.69, 9.17) is 4.55 Å². The van der Waals surface area contributed by atoms with E-state index < -0.39 is 22.0 Å². The SMILES string of the molecule is O=S(=O)(O)CCC(O)Cn1cncn1. The molecular weight excluding hydrogens is 210 g/mol. The Hall–Kier alpha value is -0.990. The first kappa shape index (κ1) is 11.1. The molecule has 1 unspecified atom stereocenters. The Morgan fingerprint density at radius 3 is 2.71 bits per heavy atom. The molecule has 0 aliphatic rings. The van der Waals surface area contributed by atoms with Crippen LogP contribution in [0.4, 0.5) is 0 Å². The molecule has 8 heteroatoms. The molecule has 0 radical (unpaired) electrons. The van der Waals surface area contributed by atoms with Crippen molar-refractivity contribution in [3.63, 3.8) is 0 Å². The van der Waals surface area contributed by atoms with Crippen LogP contribution in [-0.4, -0.2) is 44.7 Å². The summed E-state index contributed by atoms with van der Waals surface area (Å²) in [7, 11) is -4.00. The molecule has 1 heterocycles. The van der Waals surface area contributed by atoms with Crippen LogP contribution in [0, 0.1) is 0 Å². The molecule has 0 bridgehead atoms. The topological polar surface area (TPSA) is 105 Å². The van der Waals surface area contributed by atoms with Crippen molar-refractivity contribution in [2.75, 3.05) is 5.75 Å². The zero-order valence-electron chi connectivity index (χ0n) is 7.31. The molecule has 0 fully saturated rings. The van der Waals surface area contributed by atoms with Crippen molar-refractivity contribution in [2.24, 2.45) is 0 Å². The molecule has 0 aliphatic heterocycles. The van der Waals surface area contributed by atoms with Crippen molar-refractivity contribution in [2.45, 2.75) is 19.1 Å². The fourth-order valence-electron chi connectivity index (χ4n) is 0.919. The molecule has 0 aliphatic carbocycles. The lowest BCUT2D eigenvalue weighted by atomic mass is 10.3. The average Bonchev–Trinajstić information content (AvgIpc) is 2.52. The minimum atomic E-state index is -4.00. The van der Waals surface area contributed by atoms with E-state index in [2.05, 4.69) is 10.1 Å². The second-order valence-electron chi connectivity index (χ2n) is 2.85. The fourth-order valence-corrected chi connectivity index (χ4v) is 1.49. The lowest BCUT2D eigenvalue weighted by molar-refractivity contribution is 0.145. The van der Waals surface area contributed by atoms with Gasteiger partial charge in [-0.05, 0) is 6.42 Å². The van der Waals surface area contributed by atoms with Crippen LogP contribution in [0.5, 0.6) is 0 Å². The molecule has 1 aromatic heterocycles. The quantitative estimate of drug-likeness (QED) is 0.612. The van der Waals surface area contributed by atoms with Crippen LogP contribution in [0.15, 0.2) is 12.7 Å². The van der Waals surface area contributed by atoms with Gasteiger partial charge in [-0.1, -0.05) is 0 Å². The Balaban J connectivity index is 2.33. The number of hydrogen-bond donors (Lipinski definition) is 2. The summed E-state index contributed by atoms with van der Waals surface area (Å²) in [4.78, 5) is 3.66. The summed E-state index contributed by atoms with van der Waals surface area (Å²) in [6.07, 6.45) is 1.84. The zero-order chi connectivity index (χ0) is 10.6. The zero-order valence-corrected chi connectivity index (χ0v) is 8.13. The van der Waals surface area contributed by atoms with Gasteiger partial charge in [0, 0.05) is 0 Å². The van der Waals surface area contributed by atoms with Gasteiger partial charge in [-0.25, -0.2) is 4.98 Å². The van der Waals surface area contributed by atoms with Gasteiger partial charge in [0.15, 0.2) is 0 Å². The van der Waals surface area contributed by atoms with Crippen molar-refractivity contribution in [3.05, 3.63) is 12.7 Å². The number of hydrogen-bond acceptors (Lipinski definition) is 5. The Morgan fingerprint density at radius 2 is 2.21 bits per heavy atom. The third-order valence-electron chi connectivity index (χ3n) is 1.57. The molecule has 2 N–H and O–H groups in total. The minimum Gasteiger partial charge on any atom is -0.391 e. The van der Waals surface area contributed by atoms with Crippen molar-refractivity contribution >= 4 is 10.1 Å². The van der Waals surface area contributed by atoms with Crippen LogP contribution in [0.25, 0.3) is 0 Å². The van der Waals surface area contributed by atoms with Gasteiger partial charge in [-0.2, -0.15) is 13.5 Å². The Bertz CT molecular complexity index is 360. The molecule has 0 spiro atoms. The summed E-state index contributed by atoms with van der Waals surface area (Å²) in [6.45, 7) is 0.162. The summed E-state index contributed by atoms with van der Waals surface area (Å²) in [5.41, 5.74) is 0. The summed E-state index contributed by atoms with van der Waals surface area (Å²) in [5.74, 6) is -0.455. The molecule has 1 rings (SSSR count). The van der Waals surface area contributed by atoms with Gasteiger partial charge in [0.25, 0.3) is 10.1 Å². The second kappa shape index (κ2) is 4.49. The van der Waals surface area contributed by atoms with Crippen LogP contribution in [0.2, 0.25) is 0 Å². The highest BCUT2D eigenvalue weighted by molar-refractivity contribution is 7.85. The monoisotopic (exact) mass is 221 g/mol. The van der Waals surface area contributed by atoms with Crippen molar-refractivity contribution < 1.29 is 18.1 Å². The van der Waals surface area contributed by atoms with Gasteiger partial charge in [0.05, 0.1) is 18.4 Å². The lowest BCUT2D eigenvalue weighted by Gasteiger charge is -2.08. The van der Waals surface area contributed by atoms with Crippen LogP contribution >= 0.6 is 0 Å². The first-order valence-electron chi connectivity index (χ1n) is 3.93. The van der Waals surface area contributed by atoms with Crippen molar-refractivity contribution in [1.82, 2.24) is 14.8 Å². The second-order valence-corrected chi connectivity index (χ2v) is 4.42. The van der Waals surface area contributed by atoms with Crippen LogP contribution in [-0.2, 0) is 16.7 Å². The number of nitrogens with zero attached hydrogens (tertiary/aromatic N) is 3. The highest BCUT2D eigenvalue weighted by Gasteiger charge is 2.11. The van der Waals surface area contributed by atoms with E-state index in [0.717, 1.165) is 0 Å². The summed E-state index contributed by atoms with van der Waals surface area (Å²) in [6, 6.07) is 0. The normalized spacial score (nSPS) is 14.1. The lowest BCUT2D eigenvalue weighted by Crippen LogP contribution is -2.20. The van der Waals surface area contributed by atoms with Crippen LogP contribution < -0.4 is 0 Å². The van der Waals surface area contributed by atoms with E-state index in [1.54, 1.807) is 0 Å². The Morgan fingerprint density at radius 1 is 1.50 bits per heavy atom. The predicted molar refractivity (Wildman–Crippen MR) is 47.1 cm³/mol. The van der Waals surface area contributed by atoms with E-state index in [1.165, 1.54) is 17.3 Å². The van der Waals surface area contributed by atoms with E-state index in [1.807, 2.05) is 0 Å². The van der Waals surface area contributed by atoms with Gasteiger partial charge < -0.3 is 5.11 Å². The molecular formula is C6H11N3O4S. The number of aromatic nitrogens is 3. The van der Waals surface area contributed by atoms with Crippen molar-refractivity contribution in [1.29, 1.82) is 0 Å². The molecule has 80 valence electrons. The minimum absolute atomic E-state index is 0.0291. The standard InChI is InChI=1S/C6H11N3O4S/c10-6(1-2-14(11,12)13)3-9-5-7-4-8-9/h4-6,10H,1-3H2,(H,11,12,13). The molecule has 14 heavy (non-hydrogen) atoms. The highest BCUT2D eigenvalue weighted by atomic mass is 32.2. The van der Waals surface area contributed by atoms with E-state index >= 15 is 0 Å². The highest BCUT2D eigenvalue weighted by Crippen LogP contribution is 1.98. The number of aliphatic hydroxyl groups is 1. The van der Waals surface area contributed by atoms with Crippen LogP contribution in [0.3, 0.4) is 0 Å². The largest absolute Gasteiger partial charge is 0.391 e. The van der Waals surface area contributed by atoms with Gasteiger partial charge in [-0.3, -0.25) is 9.23 Å². The van der Waals surface area contributed by atoms with Gasteiger partial charge in [0.2, 0.25) is 0 Å². The Labute approximate surface area is 81.1 Å². The summed E-state index contributed by atoms with van der Waals surface area (Å²) in [5, 5.41) is 13.1. The van der Waals surface area contributed by atoms with Crippen molar-refractivity contribution in [3.8, 4) is 0 Å². The van der Waals surface area contributed by atoms with Gasteiger partial charge in [0.1, 0.15) is 12.7 Å². The van der Waals surface area contributed by atoms with E-state index in [-0.39, 0.29) is 13.0 Å². The first-order chi connectivity index (χ1) is 6.47.